The maximum atomic E-state index is 11.7. The molecule has 5 nitrogen and oxygen atoms in total. The average molecular weight is 313 g/mol. The highest BCUT2D eigenvalue weighted by Crippen LogP contribution is 2.28. The van der Waals surface area contributed by atoms with E-state index in [4.69, 9.17) is 0 Å². The van der Waals surface area contributed by atoms with Crippen LogP contribution in [-0.4, -0.2) is 42.1 Å². The van der Waals surface area contributed by atoms with Gasteiger partial charge in [0.15, 0.2) is 9.84 Å². The van der Waals surface area contributed by atoms with Gasteiger partial charge in [-0.05, 0) is 31.2 Å². The summed E-state index contributed by atoms with van der Waals surface area (Å²) >= 11 is 0. The van der Waals surface area contributed by atoms with Crippen molar-refractivity contribution in [2.24, 2.45) is 18.9 Å². The number of imidazole rings is 1. The van der Waals surface area contributed by atoms with Crippen molar-refractivity contribution in [2.75, 3.05) is 18.1 Å². The van der Waals surface area contributed by atoms with Gasteiger partial charge in [0, 0.05) is 31.9 Å². The molecule has 2 atom stereocenters. The van der Waals surface area contributed by atoms with E-state index in [1.807, 2.05) is 24.0 Å². The molecule has 2 unspecified atom stereocenters. The van der Waals surface area contributed by atoms with Crippen molar-refractivity contribution >= 4 is 9.84 Å². The Bertz CT molecular complexity index is 551. The van der Waals surface area contributed by atoms with Gasteiger partial charge in [0.05, 0.1) is 11.5 Å². The molecule has 0 spiro atoms. The van der Waals surface area contributed by atoms with Crippen LogP contribution in [0.25, 0.3) is 0 Å². The van der Waals surface area contributed by atoms with E-state index in [0.29, 0.717) is 29.4 Å². The largest absolute Gasteiger partial charge is 0.338 e. The minimum Gasteiger partial charge on any atom is -0.338 e. The Morgan fingerprint density at radius 1 is 1.48 bits per heavy atom. The number of hydrogen-bond acceptors (Lipinski definition) is 4. The van der Waals surface area contributed by atoms with Crippen LogP contribution in [0, 0.1) is 11.8 Å². The third-order valence-corrected chi connectivity index (χ3v) is 6.18. The van der Waals surface area contributed by atoms with Crippen LogP contribution in [0.5, 0.6) is 0 Å². The summed E-state index contributed by atoms with van der Waals surface area (Å²) in [6, 6.07) is 0.429. The molecule has 0 aromatic carbocycles. The van der Waals surface area contributed by atoms with E-state index in [2.05, 4.69) is 24.1 Å². The van der Waals surface area contributed by atoms with Crippen LogP contribution in [0.2, 0.25) is 0 Å². The predicted octanol–water partition coefficient (Wildman–Crippen LogP) is 1.40. The fraction of sp³-hybridized carbons (Fsp3) is 0.800. The monoisotopic (exact) mass is 313 g/mol. The van der Waals surface area contributed by atoms with Gasteiger partial charge in [0.25, 0.3) is 0 Å². The van der Waals surface area contributed by atoms with E-state index in [1.165, 1.54) is 0 Å². The smallest absolute Gasteiger partial charge is 0.150 e. The topological polar surface area (TPSA) is 64.0 Å². The van der Waals surface area contributed by atoms with Gasteiger partial charge in [-0.1, -0.05) is 13.8 Å². The van der Waals surface area contributed by atoms with Crippen molar-refractivity contribution in [3.8, 4) is 0 Å². The minimum atomic E-state index is -2.81. The van der Waals surface area contributed by atoms with Gasteiger partial charge in [0.2, 0.25) is 0 Å². The first-order chi connectivity index (χ1) is 9.87. The molecular formula is C15H27N3O2S. The number of aryl methyl sites for hydroxylation is 2. The van der Waals surface area contributed by atoms with Crippen molar-refractivity contribution in [2.45, 2.75) is 39.2 Å². The number of hydrogen-bond donors (Lipinski definition) is 1. The summed E-state index contributed by atoms with van der Waals surface area (Å²) in [6.45, 7) is 5.14. The van der Waals surface area contributed by atoms with E-state index < -0.39 is 9.84 Å². The fourth-order valence-electron chi connectivity index (χ4n) is 3.04. The molecule has 21 heavy (non-hydrogen) atoms. The van der Waals surface area contributed by atoms with Crippen LogP contribution >= 0.6 is 0 Å². The molecule has 1 fully saturated rings. The number of nitrogens with zero attached hydrogens (tertiary/aromatic N) is 2. The molecule has 1 aromatic rings. The second-order valence-corrected chi connectivity index (χ2v) is 8.71. The third kappa shape index (κ3) is 4.81. The molecule has 1 aliphatic rings. The quantitative estimate of drug-likeness (QED) is 0.826. The van der Waals surface area contributed by atoms with Crippen LogP contribution in [0.1, 0.15) is 32.5 Å². The van der Waals surface area contributed by atoms with Gasteiger partial charge >= 0.3 is 0 Å². The molecule has 0 bridgehead atoms. The van der Waals surface area contributed by atoms with E-state index in [1.54, 1.807) is 0 Å². The first-order valence-corrected chi connectivity index (χ1v) is 9.59. The number of sulfone groups is 1. The van der Waals surface area contributed by atoms with Gasteiger partial charge < -0.3 is 9.88 Å². The zero-order valence-corrected chi connectivity index (χ0v) is 14.1. The first-order valence-electron chi connectivity index (χ1n) is 7.77. The summed E-state index contributed by atoms with van der Waals surface area (Å²) in [5.41, 5.74) is 0. The van der Waals surface area contributed by atoms with Gasteiger partial charge in [-0.2, -0.15) is 0 Å². The molecule has 0 amide bonds. The zero-order chi connectivity index (χ0) is 15.5. The second kappa shape index (κ2) is 6.92. The Hall–Kier alpha value is -0.880. The standard InChI is InChI=1S/C15H27N3O2S/c1-12(2)17-10-13(14-6-9-21(19,20)11-14)4-5-15-16-7-8-18(15)3/h7-8,12-14,17H,4-6,9-11H2,1-3H3. The van der Waals surface area contributed by atoms with Crippen molar-refractivity contribution in [3.63, 3.8) is 0 Å². The maximum Gasteiger partial charge on any atom is 0.150 e. The lowest BCUT2D eigenvalue weighted by molar-refractivity contribution is 0.314. The van der Waals surface area contributed by atoms with E-state index in [9.17, 15) is 8.42 Å². The molecule has 0 aliphatic carbocycles. The van der Waals surface area contributed by atoms with Gasteiger partial charge in [-0.3, -0.25) is 0 Å². The highest BCUT2D eigenvalue weighted by Gasteiger charge is 2.33. The third-order valence-electron chi connectivity index (χ3n) is 4.38. The van der Waals surface area contributed by atoms with Crippen LogP contribution in [0.4, 0.5) is 0 Å². The fourth-order valence-corrected chi connectivity index (χ4v) is 4.96. The van der Waals surface area contributed by atoms with Crippen molar-refractivity contribution < 1.29 is 8.42 Å². The van der Waals surface area contributed by atoms with Crippen LogP contribution in [-0.2, 0) is 23.3 Å². The molecule has 2 rings (SSSR count). The number of rotatable bonds is 7. The average Bonchev–Trinajstić information content (AvgIpc) is 2.95. The summed E-state index contributed by atoms with van der Waals surface area (Å²) < 4.78 is 25.5. The lowest BCUT2D eigenvalue weighted by Gasteiger charge is -2.24. The van der Waals surface area contributed by atoms with E-state index >= 15 is 0 Å². The van der Waals surface area contributed by atoms with Crippen LogP contribution in [0.15, 0.2) is 12.4 Å². The SMILES string of the molecule is CC(C)NCC(CCc1nccn1C)C1CCS(=O)(=O)C1. The Labute approximate surface area is 128 Å². The van der Waals surface area contributed by atoms with Crippen molar-refractivity contribution in [1.82, 2.24) is 14.9 Å². The van der Waals surface area contributed by atoms with Crippen molar-refractivity contribution in [1.29, 1.82) is 0 Å². The summed E-state index contributed by atoms with van der Waals surface area (Å²) in [5, 5.41) is 3.47. The maximum absolute atomic E-state index is 11.7. The lowest BCUT2D eigenvalue weighted by Crippen LogP contribution is -2.33. The molecule has 2 heterocycles. The van der Waals surface area contributed by atoms with Gasteiger partial charge in [-0.15, -0.1) is 0 Å². The minimum absolute atomic E-state index is 0.293. The molecular weight excluding hydrogens is 286 g/mol. The summed E-state index contributed by atoms with van der Waals surface area (Å²) in [4.78, 5) is 4.36. The molecule has 1 saturated heterocycles. The van der Waals surface area contributed by atoms with Crippen molar-refractivity contribution in [3.05, 3.63) is 18.2 Å². The van der Waals surface area contributed by atoms with E-state index in [-0.39, 0.29) is 0 Å². The van der Waals surface area contributed by atoms with Crippen LogP contribution in [0.3, 0.4) is 0 Å². The summed E-state index contributed by atoms with van der Waals surface area (Å²) in [6.07, 6.45) is 6.48. The Balaban J connectivity index is 1.97. The highest BCUT2D eigenvalue weighted by atomic mass is 32.2. The van der Waals surface area contributed by atoms with Gasteiger partial charge in [0.1, 0.15) is 5.82 Å². The Kier molecular flexibility index (Phi) is 5.43. The lowest BCUT2D eigenvalue weighted by atomic mass is 9.87. The Morgan fingerprint density at radius 3 is 2.76 bits per heavy atom. The molecule has 1 N–H and O–H groups in total. The second-order valence-electron chi connectivity index (χ2n) is 6.48. The molecule has 120 valence electrons. The van der Waals surface area contributed by atoms with Crippen LogP contribution < -0.4 is 5.32 Å². The molecule has 6 heteroatoms. The number of nitrogens with one attached hydrogen (secondary N) is 1. The first kappa shape index (κ1) is 16.5. The van der Waals surface area contributed by atoms with Gasteiger partial charge in [-0.25, -0.2) is 13.4 Å². The predicted molar refractivity (Wildman–Crippen MR) is 84.9 cm³/mol. The summed E-state index contributed by atoms with van der Waals surface area (Å²) in [7, 11) is -0.804. The highest BCUT2D eigenvalue weighted by molar-refractivity contribution is 7.91. The van der Waals surface area contributed by atoms with E-state index in [0.717, 1.165) is 31.6 Å². The molecule has 0 radical (unpaired) electrons. The Morgan fingerprint density at radius 2 is 2.24 bits per heavy atom. The molecule has 0 saturated carbocycles. The zero-order valence-electron chi connectivity index (χ0n) is 13.2. The molecule has 1 aliphatic heterocycles. The normalized spacial score (nSPS) is 22.8. The molecule has 1 aromatic heterocycles. The number of aromatic nitrogens is 2. The summed E-state index contributed by atoms with van der Waals surface area (Å²) in [5.74, 6) is 2.49.